The van der Waals surface area contributed by atoms with Gasteiger partial charge in [0, 0.05) is 11.4 Å². The standard InChI is InChI=1S/C16H22N2OS/c1-12(2)19-11-15-13(3)20-16(18-15)17-10-9-14-7-5-4-6-8-14/h4-8,12H,9-11H2,1-3H3,(H,17,18). The minimum Gasteiger partial charge on any atom is -0.372 e. The molecule has 0 radical (unpaired) electrons. The summed E-state index contributed by atoms with van der Waals surface area (Å²) < 4.78 is 5.61. The molecular formula is C16H22N2OS. The van der Waals surface area contributed by atoms with Crippen LogP contribution in [-0.2, 0) is 17.8 Å². The highest BCUT2D eigenvalue weighted by molar-refractivity contribution is 7.15. The van der Waals surface area contributed by atoms with Gasteiger partial charge in [-0.2, -0.15) is 0 Å². The molecule has 2 aromatic rings. The van der Waals surface area contributed by atoms with Crippen LogP contribution in [0.2, 0.25) is 0 Å². The Morgan fingerprint density at radius 2 is 2.00 bits per heavy atom. The summed E-state index contributed by atoms with van der Waals surface area (Å²) >= 11 is 1.70. The second kappa shape index (κ2) is 7.41. The fraction of sp³-hybridized carbons (Fsp3) is 0.438. The molecule has 1 aromatic carbocycles. The van der Waals surface area contributed by atoms with Gasteiger partial charge in [-0.15, -0.1) is 11.3 Å². The van der Waals surface area contributed by atoms with E-state index in [0.717, 1.165) is 23.8 Å². The van der Waals surface area contributed by atoms with Crippen molar-refractivity contribution in [2.24, 2.45) is 0 Å². The van der Waals surface area contributed by atoms with Crippen molar-refractivity contribution >= 4 is 16.5 Å². The van der Waals surface area contributed by atoms with Gasteiger partial charge in [0.15, 0.2) is 5.13 Å². The first-order valence-corrected chi connectivity index (χ1v) is 7.82. The molecule has 1 N–H and O–H groups in total. The molecule has 0 unspecified atom stereocenters. The number of hydrogen-bond acceptors (Lipinski definition) is 4. The van der Waals surface area contributed by atoms with Crippen molar-refractivity contribution in [3.05, 3.63) is 46.5 Å². The Hall–Kier alpha value is -1.39. The van der Waals surface area contributed by atoms with Gasteiger partial charge in [0.2, 0.25) is 0 Å². The van der Waals surface area contributed by atoms with Crippen LogP contribution in [0.3, 0.4) is 0 Å². The van der Waals surface area contributed by atoms with Crippen LogP contribution in [0.15, 0.2) is 30.3 Å². The number of aryl methyl sites for hydroxylation is 1. The summed E-state index contributed by atoms with van der Waals surface area (Å²) in [4.78, 5) is 5.82. The van der Waals surface area contributed by atoms with Crippen molar-refractivity contribution in [2.45, 2.75) is 39.9 Å². The first-order chi connectivity index (χ1) is 9.65. The molecule has 0 aliphatic heterocycles. The lowest BCUT2D eigenvalue weighted by Crippen LogP contribution is -2.05. The maximum Gasteiger partial charge on any atom is 0.183 e. The van der Waals surface area contributed by atoms with E-state index in [4.69, 9.17) is 4.74 Å². The van der Waals surface area contributed by atoms with E-state index >= 15 is 0 Å². The number of nitrogens with zero attached hydrogens (tertiary/aromatic N) is 1. The Balaban J connectivity index is 1.83. The highest BCUT2D eigenvalue weighted by Gasteiger charge is 2.08. The zero-order valence-corrected chi connectivity index (χ0v) is 13.2. The first kappa shape index (κ1) is 15.0. The fourth-order valence-corrected chi connectivity index (χ4v) is 2.68. The van der Waals surface area contributed by atoms with E-state index in [1.165, 1.54) is 10.4 Å². The molecule has 1 aromatic heterocycles. The Morgan fingerprint density at radius 3 is 2.70 bits per heavy atom. The van der Waals surface area contributed by atoms with E-state index in [9.17, 15) is 0 Å². The molecule has 0 saturated carbocycles. The zero-order valence-electron chi connectivity index (χ0n) is 12.3. The Kier molecular flexibility index (Phi) is 5.56. The van der Waals surface area contributed by atoms with Crippen LogP contribution in [0.25, 0.3) is 0 Å². The molecule has 0 bridgehead atoms. The summed E-state index contributed by atoms with van der Waals surface area (Å²) in [5, 5.41) is 4.38. The van der Waals surface area contributed by atoms with Gasteiger partial charge in [-0.1, -0.05) is 30.3 Å². The van der Waals surface area contributed by atoms with Gasteiger partial charge >= 0.3 is 0 Å². The Labute approximate surface area is 125 Å². The van der Waals surface area contributed by atoms with Crippen molar-refractivity contribution in [1.82, 2.24) is 4.98 Å². The lowest BCUT2D eigenvalue weighted by atomic mass is 10.2. The minimum absolute atomic E-state index is 0.241. The van der Waals surface area contributed by atoms with Crippen molar-refractivity contribution in [3.8, 4) is 0 Å². The normalized spacial score (nSPS) is 11.0. The summed E-state index contributed by atoms with van der Waals surface area (Å²) in [6.07, 6.45) is 1.25. The lowest BCUT2D eigenvalue weighted by molar-refractivity contribution is 0.0636. The van der Waals surface area contributed by atoms with E-state index in [1.54, 1.807) is 11.3 Å². The number of rotatable bonds is 7. The molecule has 4 heteroatoms. The highest BCUT2D eigenvalue weighted by Crippen LogP contribution is 2.22. The van der Waals surface area contributed by atoms with Crippen LogP contribution in [-0.4, -0.2) is 17.6 Å². The van der Waals surface area contributed by atoms with Crippen LogP contribution >= 0.6 is 11.3 Å². The van der Waals surface area contributed by atoms with Gasteiger partial charge in [-0.3, -0.25) is 0 Å². The third-order valence-corrected chi connectivity index (χ3v) is 3.95. The molecule has 0 saturated heterocycles. The smallest absolute Gasteiger partial charge is 0.183 e. The van der Waals surface area contributed by atoms with Crippen molar-refractivity contribution in [2.75, 3.05) is 11.9 Å². The summed E-state index contributed by atoms with van der Waals surface area (Å²) in [5.41, 5.74) is 2.39. The Bertz CT molecular complexity index is 523. The highest BCUT2D eigenvalue weighted by atomic mass is 32.1. The number of ether oxygens (including phenoxy) is 1. The summed E-state index contributed by atoms with van der Waals surface area (Å²) in [5.74, 6) is 0. The van der Waals surface area contributed by atoms with E-state index in [1.807, 2.05) is 19.9 Å². The Morgan fingerprint density at radius 1 is 1.25 bits per heavy atom. The molecule has 0 aliphatic rings. The molecule has 0 atom stereocenters. The monoisotopic (exact) mass is 290 g/mol. The van der Waals surface area contributed by atoms with Gasteiger partial charge in [0.25, 0.3) is 0 Å². The van der Waals surface area contributed by atoms with E-state index < -0.39 is 0 Å². The van der Waals surface area contributed by atoms with Gasteiger partial charge in [-0.25, -0.2) is 4.98 Å². The number of aromatic nitrogens is 1. The van der Waals surface area contributed by atoms with Crippen LogP contribution < -0.4 is 5.32 Å². The molecule has 0 spiro atoms. The van der Waals surface area contributed by atoms with Crippen molar-refractivity contribution in [3.63, 3.8) is 0 Å². The van der Waals surface area contributed by atoms with Gasteiger partial charge < -0.3 is 10.1 Å². The maximum absolute atomic E-state index is 5.61. The van der Waals surface area contributed by atoms with Gasteiger partial charge in [0.1, 0.15) is 0 Å². The third-order valence-electron chi connectivity index (χ3n) is 2.98. The van der Waals surface area contributed by atoms with E-state index in [0.29, 0.717) is 6.61 Å². The van der Waals surface area contributed by atoms with E-state index in [2.05, 4.69) is 41.5 Å². The molecule has 0 aliphatic carbocycles. The average molecular weight is 290 g/mol. The largest absolute Gasteiger partial charge is 0.372 e. The molecular weight excluding hydrogens is 268 g/mol. The molecule has 3 nitrogen and oxygen atoms in total. The summed E-state index contributed by atoms with van der Waals surface area (Å²) in [6.45, 7) is 7.68. The number of hydrogen-bond donors (Lipinski definition) is 1. The topological polar surface area (TPSA) is 34.2 Å². The second-order valence-corrected chi connectivity index (χ2v) is 6.25. The number of thiazole rings is 1. The van der Waals surface area contributed by atoms with Crippen LogP contribution in [0.5, 0.6) is 0 Å². The van der Waals surface area contributed by atoms with Crippen molar-refractivity contribution in [1.29, 1.82) is 0 Å². The first-order valence-electron chi connectivity index (χ1n) is 7.01. The lowest BCUT2D eigenvalue weighted by Gasteiger charge is -2.05. The fourth-order valence-electron chi connectivity index (χ4n) is 1.84. The molecule has 1 heterocycles. The van der Waals surface area contributed by atoms with Crippen LogP contribution in [0, 0.1) is 6.92 Å². The number of nitrogens with one attached hydrogen (secondary N) is 1. The molecule has 20 heavy (non-hydrogen) atoms. The minimum atomic E-state index is 0.241. The quantitative estimate of drug-likeness (QED) is 0.836. The predicted octanol–water partition coefficient (Wildman–Crippen LogP) is 4.03. The molecule has 108 valence electrons. The average Bonchev–Trinajstić information content (AvgIpc) is 2.78. The predicted molar refractivity (Wildman–Crippen MR) is 85.4 cm³/mol. The third kappa shape index (κ3) is 4.62. The van der Waals surface area contributed by atoms with Gasteiger partial charge in [0.05, 0.1) is 18.4 Å². The number of benzene rings is 1. The van der Waals surface area contributed by atoms with E-state index in [-0.39, 0.29) is 6.10 Å². The SMILES string of the molecule is Cc1sc(NCCc2ccccc2)nc1COC(C)C. The maximum atomic E-state index is 5.61. The summed E-state index contributed by atoms with van der Waals surface area (Å²) in [7, 11) is 0. The molecule has 2 rings (SSSR count). The van der Waals surface area contributed by atoms with Gasteiger partial charge in [-0.05, 0) is 32.8 Å². The zero-order chi connectivity index (χ0) is 14.4. The molecule has 0 amide bonds. The summed E-state index contributed by atoms with van der Waals surface area (Å²) in [6, 6.07) is 10.5. The number of anilines is 1. The van der Waals surface area contributed by atoms with Crippen LogP contribution in [0.1, 0.15) is 30.0 Å². The van der Waals surface area contributed by atoms with Crippen molar-refractivity contribution < 1.29 is 4.74 Å². The van der Waals surface area contributed by atoms with Crippen LogP contribution in [0.4, 0.5) is 5.13 Å². The molecule has 0 fully saturated rings. The second-order valence-electron chi connectivity index (χ2n) is 5.04.